The van der Waals surface area contributed by atoms with Gasteiger partial charge in [-0.2, -0.15) is 0 Å². The summed E-state index contributed by atoms with van der Waals surface area (Å²) in [5.74, 6) is -3.65. The van der Waals surface area contributed by atoms with Gasteiger partial charge in [-0.1, -0.05) is 47.0 Å². The predicted octanol–water partition coefficient (Wildman–Crippen LogP) is 2.28. The average molecular weight is 360 g/mol. The third-order valence-corrected chi connectivity index (χ3v) is 9.12. The van der Waals surface area contributed by atoms with Crippen LogP contribution in [0.4, 0.5) is 0 Å². The average Bonchev–Trinajstić information content (AvgIpc) is 2.40. The summed E-state index contributed by atoms with van der Waals surface area (Å²) in [5, 5.41) is 0. The Bertz CT molecular complexity index is 662. The summed E-state index contributed by atoms with van der Waals surface area (Å²) in [4.78, 5) is 14.1. The molecule has 6 heteroatoms. The molecule has 112 valence electrons. The van der Waals surface area contributed by atoms with E-state index < -0.39 is 5.77 Å². The molecule has 0 N–H and O–H groups in total. The van der Waals surface area contributed by atoms with Crippen LogP contribution in [-0.4, -0.2) is 0 Å². The SMILES string of the molecule is Cc1cccc(SP(=O)([O-])Sc2cccc(C)c2C)c1C.[Na+]. The smallest absolute Gasteiger partial charge is 0.783 e. The van der Waals surface area contributed by atoms with Crippen molar-refractivity contribution in [3.05, 3.63) is 58.7 Å². The maximum absolute atomic E-state index is 12.5. The van der Waals surface area contributed by atoms with Gasteiger partial charge in [0.15, 0.2) is 0 Å². The van der Waals surface area contributed by atoms with Gasteiger partial charge in [0.2, 0.25) is 0 Å². The molecule has 0 spiro atoms. The molecule has 0 unspecified atom stereocenters. The maximum Gasteiger partial charge on any atom is 1.00 e. The monoisotopic (exact) mass is 360 g/mol. The molecule has 0 heterocycles. The van der Waals surface area contributed by atoms with Gasteiger partial charge in [-0.15, -0.1) is 0 Å². The van der Waals surface area contributed by atoms with Gasteiger partial charge in [0.05, 0.1) is 0 Å². The van der Waals surface area contributed by atoms with Gasteiger partial charge in [-0.3, -0.25) is 0 Å². The maximum atomic E-state index is 12.5. The van der Waals surface area contributed by atoms with E-state index in [1.54, 1.807) is 0 Å². The Labute approximate surface area is 162 Å². The third-order valence-electron chi connectivity index (χ3n) is 3.53. The second-order valence-corrected chi connectivity index (χ2v) is 11.8. The number of rotatable bonds is 4. The second kappa shape index (κ2) is 8.43. The van der Waals surface area contributed by atoms with Gasteiger partial charge < -0.3 is 9.46 Å². The molecule has 2 rings (SSSR count). The van der Waals surface area contributed by atoms with Gasteiger partial charge in [0, 0.05) is 9.79 Å². The zero-order valence-electron chi connectivity index (χ0n) is 13.5. The first-order chi connectivity index (χ1) is 9.80. The minimum atomic E-state index is -3.65. The first kappa shape index (κ1) is 20.4. The van der Waals surface area contributed by atoms with Crippen LogP contribution in [0.25, 0.3) is 0 Å². The van der Waals surface area contributed by atoms with Crippen molar-refractivity contribution in [3.63, 3.8) is 0 Å². The standard InChI is InChI=1S/C16H19O2PS2.Na/c1-11-7-5-9-15(13(11)3)20-19(17,18)21-16-10-6-8-12(2)14(16)4;/h5-10H,1-4H3,(H,17,18);/q;+1/p-1. The van der Waals surface area contributed by atoms with E-state index in [4.69, 9.17) is 0 Å². The fraction of sp³-hybridized carbons (Fsp3) is 0.250. The summed E-state index contributed by atoms with van der Waals surface area (Å²) < 4.78 is 12.5. The zero-order chi connectivity index (χ0) is 15.6. The molecule has 2 aromatic carbocycles. The first-order valence-electron chi connectivity index (χ1n) is 6.63. The zero-order valence-corrected chi connectivity index (χ0v) is 18.1. The molecule has 0 aliphatic heterocycles. The third kappa shape index (κ3) is 5.17. The Morgan fingerprint density at radius 1 is 0.818 bits per heavy atom. The summed E-state index contributed by atoms with van der Waals surface area (Å²) in [7, 11) is 0. The van der Waals surface area contributed by atoms with Crippen molar-refractivity contribution in [1.82, 2.24) is 0 Å². The molecule has 0 aliphatic carbocycles. The molecule has 0 atom stereocenters. The largest absolute Gasteiger partial charge is 1.00 e. The van der Waals surface area contributed by atoms with E-state index in [-0.39, 0.29) is 29.6 Å². The Hall–Kier alpha value is 0.330. The van der Waals surface area contributed by atoms with Crippen LogP contribution >= 0.6 is 28.5 Å². The predicted molar refractivity (Wildman–Crippen MR) is 91.2 cm³/mol. The summed E-state index contributed by atoms with van der Waals surface area (Å²) in [6.07, 6.45) is 0. The van der Waals surface area contributed by atoms with Crippen LogP contribution in [0.1, 0.15) is 22.3 Å². The molecule has 22 heavy (non-hydrogen) atoms. The molecule has 2 nitrogen and oxygen atoms in total. The van der Waals surface area contributed by atoms with Crippen LogP contribution in [0.5, 0.6) is 0 Å². The minimum absolute atomic E-state index is 0. The van der Waals surface area contributed by atoms with Crippen LogP contribution in [0.2, 0.25) is 0 Å². The van der Waals surface area contributed by atoms with E-state index in [9.17, 15) is 9.46 Å². The Kier molecular flexibility index (Phi) is 7.81. The van der Waals surface area contributed by atoms with E-state index in [1.165, 1.54) is 0 Å². The van der Waals surface area contributed by atoms with E-state index in [2.05, 4.69) is 0 Å². The second-order valence-electron chi connectivity index (χ2n) is 5.03. The minimum Gasteiger partial charge on any atom is -0.783 e. The van der Waals surface area contributed by atoms with Gasteiger partial charge in [0.1, 0.15) is 5.77 Å². The van der Waals surface area contributed by atoms with Gasteiger partial charge in [-0.25, -0.2) is 0 Å². The summed E-state index contributed by atoms with van der Waals surface area (Å²) in [6, 6.07) is 11.5. The van der Waals surface area contributed by atoms with Gasteiger partial charge in [-0.05, 0) is 62.1 Å². The normalized spacial score (nSPS) is 11.1. The number of hydrogen-bond acceptors (Lipinski definition) is 4. The van der Waals surface area contributed by atoms with E-state index in [0.717, 1.165) is 54.8 Å². The number of benzene rings is 2. The van der Waals surface area contributed by atoms with Crippen LogP contribution in [0.3, 0.4) is 0 Å². The molecule has 0 saturated carbocycles. The Morgan fingerprint density at radius 3 is 1.55 bits per heavy atom. The van der Waals surface area contributed by atoms with E-state index >= 15 is 0 Å². The van der Waals surface area contributed by atoms with Crippen LogP contribution in [0, 0.1) is 27.7 Å². The molecule has 0 fully saturated rings. The van der Waals surface area contributed by atoms with Crippen LogP contribution in [0.15, 0.2) is 46.2 Å². The van der Waals surface area contributed by atoms with Crippen molar-refractivity contribution in [2.75, 3.05) is 0 Å². The summed E-state index contributed by atoms with van der Waals surface area (Å²) in [6.45, 7) is 7.90. The van der Waals surface area contributed by atoms with Gasteiger partial charge >= 0.3 is 29.6 Å². The number of aryl methyl sites for hydroxylation is 2. The molecular formula is C16H18NaO2PS2. The van der Waals surface area contributed by atoms with Crippen molar-refractivity contribution >= 4 is 28.5 Å². The fourth-order valence-electron chi connectivity index (χ4n) is 1.91. The first-order valence-corrected chi connectivity index (χ1v) is 11.1. The molecule has 0 aliphatic rings. The molecule has 0 bridgehead atoms. The van der Waals surface area contributed by atoms with Crippen molar-refractivity contribution < 1.29 is 39.0 Å². The van der Waals surface area contributed by atoms with E-state index in [0.29, 0.717) is 0 Å². The molecule has 0 saturated heterocycles. The quantitative estimate of drug-likeness (QED) is 0.620. The van der Waals surface area contributed by atoms with E-state index in [1.807, 2.05) is 64.1 Å². The number of hydrogen-bond donors (Lipinski definition) is 0. The Balaban J connectivity index is 0.00000242. The molecular weight excluding hydrogens is 342 g/mol. The topological polar surface area (TPSA) is 40.1 Å². The van der Waals surface area contributed by atoms with Crippen molar-refractivity contribution in [2.24, 2.45) is 0 Å². The Morgan fingerprint density at radius 2 is 1.18 bits per heavy atom. The molecule has 0 amide bonds. The van der Waals surface area contributed by atoms with Crippen LogP contribution in [-0.2, 0) is 4.57 Å². The van der Waals surface area contributed by atoms with Crippen molar-refractivity contribution in [2.45, 2.75) is 37.5 Å². The molecule has 0 radical (unpaired) electrons. The summed E-state index contributed by atoms with van der Waals surface area (Å²) >= 11 is 1.92. The molecule has 2 aromatic rings. The fourth-order valence-corrected chi connectivity index (χ4v) is 7.82. The van der Waals surface area contributed by atoms with Crippen molar-refractivity contribution in [1.29, 1.82) is 0 Å². The molecule has 0 aromatic heterocycles. The van der Waals surface area contributed by atoms with Crippen molar-refractivity contribution in [3.8, 4) is 0 Å². The van der Waals surface area contributed by atoms with Gasteiger partial charge in [0.25, 0.3) is 0 Å². The van der Waals surface area contributed by atoms with Crippen LogP contribution < -0.4 is 34.5 Å². The summed E-state index contributed by atoms with van der Waals surface area (Å²) in [5.41, 5.74) is 4.27.